The van der Waals surface area contributed by atoms with E-state index in [1.54, 1.807) is 14.2 Å². The predicted octanol–water partition coefficient (Wildman–Crippen LogP) is 6.35. The Hall–Kier alpha value is -2.46. The van der Waals surface area contributed by atoms with E-state index in [9.17, 15) is 0 Å². The highest BCUT2D eigenvalue weighted by molar-refractivity contribution is 5.87. The third-order valence-corrected chi connectivity index (χ3v) is 8.09. The highest BCUT2D eigenvalue weighted by Crippen LogP contribution is 2.52. The minimum atomic E-state index is 0.0265. The van der Waals surface area contributed by atoms with Crippen molar-refractivity contribution < 1.29 is 9.47 Å². The van der Waals surface area contributed by atoms with Crippen LogP contribution in [0.2, 0.25) is 0 Å². The Morgan fingerprint density at radius 2 is 1.69 bits per heavy atom. The van der Waals surface area contributed by atoms with E-state index in [-0.39, 0.29) is 11.5 Å². The lowest BCUT2D eigenvalue weighted by Crippen LogP contribution is -2.51. The fourth-order valence-corrected chi connectivity index (χ4v) is 6.25. The van der Waals surface area contributed by atoms with Crippen molar-refractivity contribution >= 4 is 10.9 Å². The summed E-state index contributed by atoms with van der Waals surface area (Å²) in [7, 11) is 3.45. The van der Waals surface area contributed by atoms with Gasteiger partial charge in [-0.05, 0) is 54.7 Å². The second kappa shape index (κ2) is 7.84. The number of nitrogens with one attached hydrogen (secondary N) is 2. The predicted molar refractivity (Wildman–Crippen MR) is 131 cm³/mol. The molecule has 4 heteroatoms. The highest BCUT2D eigenvalue weighted by atomic mass is 16.5. The third-order valence-electron chi connectivity index (χ3n) is 8.09. The molecule has 2 aliphatic rings. The Balaban J connectivity index is 1.63. The molecule has 0 amide bonds. The molecule has 2 heterocycles. The van der Waals surface area contributed by atoms with Gasteiger partial charge in [-0.25, -0.2) is 0 Å². The van der Waals surface area contributed by atoms with Crippen LogP contribution in [0.4, 0.5) is 0 Å². The first kappa shape index (κ1) is 21.4. The van der Waals surface area contributed by atoms with Gasteiger partial charge in [0.1, 0.15) is 0 Å². The summed E-state index contributed by atoms with van der Waals surface area (Å²) in [5.74, 6) is 2.61. The molecule has 2 aromatic carbocycles. The zero-order valence-electron chi connectivity index (χ0n) is 20.0. The Bertz CT molecular complexity index is 1120. The van der Waals surface area contributed by atoms with Crippen molar-refractivity contribution in [3.05, 3.63) is 59.3 Å². The average Bonchev–Trinajstić information content (AvgIpc) is 3.20. The monoisotopic (exact) mass is 432 g/mol. The summed E-state index contributed by atoms with van der Waals surface area (Å²) in [6.45, 7) is 8.08. The average molecular weight is 433 g/mol. The molecule has 1 aromatic heterocycles. The molecule has 2 N–H and O–H groups in total. The maximum atomic E-state index is 5.85. The number of aromatic nitrogens is 1. The number of fused-ring (bicyclic) bond motifs is 4. The molecular formula is C28H36N2O2. The molecule has 170 valence electrons. The molecule has 0 unspecified atom stereocenters. The first-order valence-electron chi connectivity index (χ1n) is 11.9. The lowest BCUT2D eigenvalue weighted by molar-refractivity contribution is 0.105. The minimum absolute atomic E-state index is 0.0265. The van der Waals surface area contributed by atoms with Crippen LogP contribution in [-0.2, 0) is 5.54 Å². The van der Waals surface area contributed by atoms with Crippen molar-refractivity contribution in [2.24, 2.45) is 11.3 Å². The van der Waals surface area contributed by atoms with Gasteiger partial charge in [-0.2, -0.15) is 0 Å². The Morgan fingerprint density at radius 3 is 2.38 bits per heavy atom. The number of methoxy groups -OCH3 is 2. The van der Waals surface area contributed by atoms with Crippen LogP contribution in [0.5, 0.6) is 11.5 Å². The van der Waals surface area contributed by atoms with Crippen LogP contribution < -0.4 is 14.8 Å². The summed E-state index contributed by atoms with van der Waals surface area (Å²) >= 11 is 0. The molecule has 0 bridgehead atoms. The van der Waals surface area contributed by atoms with E-state index in [0.29, 0.717) is 5.41 Å². The molecule has 5 rings (SSSR count). The summed E-state index contributed by atoms with van der Waals surface area (Å²) in [6.07, 6.45) is 4.88. The van der Waals surface area contributed by atoms with Gasteiger partial charge in [-0.15, -0.1) is 0 Å². The maximum Gasteiger partial charge on any atom is 0.164 e. The van der Waals surface area contributed by atoms with Gasteiger partial charge >= 0.3 is 0 Å². The topological polar surface area (TPSA) is 46.3 Å². The molecular weight excluding hydrogens is 396 g/mol. The van der Waals surface area contributed by atoms with Crippen molar-refractivity contribution in [2.75, 3.05) is 20.8 Å². The van der Waals surface area contributed by atoms with Gasteiger partial charge in [-0.3, -0.25) is 0 Å². The lowest BCUT2D eigenvalue weighted by Gasteiger charge is -2.48. The van der Waals surface area contributed by atoms with Gasteiger partial charge in [-0.1, -0.05) is 51.1 Å². The minimum Gasteiger partial charge on any atom is -0.493 e. The van der Waals surface area contributed by atoms with E-state index >= 15 is 0 Å². The fraction of sp³-hybridized carbons (Fsp3) is 0.500. The van der Waals surface area contributed by atoms with Gasteiger partial charge in [0.25, 0.3) is 0 Å². The number of hydrogen-bond acceptors (Lipinski definition) is 3. The molecule has 3 aromatic rings. The number of benzene rings is 2. The molecule has 0 radical (unpaired) electrons. The summed E-state index contributed by atoms with van der Waals surface area (Å²) in [4.78, 5) is 3.86. The molecule has 32 heavy (non-hydrogen) atoms. The molecule has 1 fully saturated rings. The van der Waals surface area contributed by atoms with Crippen molar-refractivity contribution in [1.29, 1.82) is 0 Å². The first-order valence-corrected chi connectivity index (χ1v) is 11.9. The normalized spacial score (nSPS) is 25.7. The van der Waals surface area contributed by atoms with Crippen LogP contribution in [0.15, 0.2) is 42.5 Å². The van der Waals surface area contributed by atoms with Crippen LogP contribution in [-0.4, -0.2) is 25.7 Å². The molecule has 4 nitrogen and oxygen atoms in total. The number of para-hydroxylation sites is 2. The summed E-state index contributed by atoms with van der Waals surface area (Å²) in [5.41, 5.74) is 5.62. The zero-order chi connectivity index (χ0) is 22.5. The van der Waals surface area contributed by atoms with Crippen molar-refractivity contribution in [3.8, 4) is 11.5 Å². The van der Waals surface area contributed by atoms with E-state index in [1.807, 2.05) is 6.07 Å². The van der Waals surface area contributed by atoms with Crippen molar-refractivity contribution in [1.82, 2.24) is 10.3 Å². The Morgan fingerprint density at radius 1 is 0.938 bits per heavy atom. The summed E-state index contributed by atoms with van der Waals surface area (Å²) in [5, 5.41) is 5.36. The second-order valence-corrected chi connectivity index (χ2v) is 10.7. The van der Waals surface area contributed by atoms with Crippen molar-refractivity contribution in [2.45, 2.75) is 57.9 Å². The number of hydrogen-bond donors (Lipinski definition) is 2. The lowest BCUT2D eigenvalue weighted by atomic mass is 9.64. The maximum absolute atomic E-state index is 5.85. The first-order chi connectivity index (χ1) is 15.4. The van der Waals surface area contributed by atoms with E-state index in [0.717, 1.165) is 24.0 Å². The molecule has 1 saturated carbocycles. The quantitative estimate of drug-likeness (QED) is 0.507. The number of aromatic amines is 1. The molecule has 1 aliphatic heterocycles. The van der Waals surface area contributed by atoms with Crippen LogP contribution in [0, 0.1) is 11.3 Å². The highest BCUT2D eigenvalue weighted by Gasteiger charge is 2.46. The standard InChI is InChI=1S/C28H36N2O2/c1-27(2,3)18-13-15-28(16-14-18)26-24(20-9-6-7-11-22(20)30-26)21(17-29-28)19-10-8-12-23(31-4)25(19)32-5/h6-12,18,21,29-30H,13-17H2,1-5H3/t18?,21-,28?/m0/s1. The molecule has 0 saturated heterocycles. The Labute approximate surface area is 191 Å². The molecule has 1 atom stereocenters. The second-order valence-electron chi connectivity index (χ2n) is 10.7. The molecule has 1 aliphatic carbocycles. The number of rotatable bonds is 3. The van der Waals surface area contributed by atoms with Gasteiger partial charge in [0.2, 0.25) is 0 Å². The largest absolute Gasteiger partial charge is 0.493 e. The third kappa shape index (κ3) is 3.31. The van der Waals surface area contributed by atoms with Crippen LogP contribution in [0.1, 0.15) is 69.2 Å². The number of ether oxygens (including phenoxy) is 2. The van der Waals surface area contributed by atoms with Gasteiger partial charge < -0.3 is 19.8 Å². The fourth-order valence-electron chi connectivity index (χ4n) is 6.25. The summed E-state index contributed by atoms with van der Waals surface area (Å²) < 4.78 is 11.5. The zero-order valence-corrected chi connectivity index (χ0v) is 20.0. The SMILES string of the molecule is COc1cccc([C@@H]2CNC3(CCC(C(C)(C)C)CC3)c3[nH]c4ccccc4c32)c1OC. The van der Waals surface area contributed by atoms with Crippen molar-refractivity contribution in [3.63, 3.8) is 0 Å². The van der Waals surface area contributed by atoms with Gasteiger partial charge in [0, 0.05) is 34.6 Å². The van der Waals surface area contributed by atoms with Gasteiger partial charge in [0.15, 0.2) is 11.5 Å². The Kier molecular flexibility index (Phi) is 5.24. The van der Waals surface area contributed by atoms with E-state index in [1.165, 1.54) is 53.4 Å². The van der Waals surface area contributed by atoms with E-state index in [2.05, 4.69) is 67.5 Å². The summed E-state index contributed by atoms with van der Waals surface area (Å²) in [6, 6.07) is 15.0. The van der Waals surface area contributed by atoms with E-state index < -0.39 is 0 Å². The van der Waals surface area contributed by atoms with E-state index in [4.69, 9.17) is 9.47 Å². The smallest absolute Gasteiger partial charge is 0.164 e. The molecule has 1 spiro atoms. The van der Waals surface area contributed by atoms with Crippen LogP contribution >= 0.6 is 0 Å². The van der Waals surface area contributed by atoms with Crippen LogP contribution in [0.3, 0.4) is 0 Å². The van der Waals surface area contributed by atoms with Gasteiger partial charge in [0.05, 0.1) is 19.8 Å². The number of H-pyrrole nitrogens is 1. The van der Waals surface area contributed by atoms with Crippen LogP contribution in [0.25, 0.3) is 10.9 Å².